The molecule has 0 spiro atoms. The van der Waals surface area contributed by atoms with Gasteiger partial charge in [0.15, 0.2) is 0 Å². The second kappa shape index (κ2) is 4.75. The molecule has 1 aliphatic rings. The fraction of sp³-hybridized carbons (Fsp3) is 0.818. The molecule has 1 atom stereocenters. The SMILES string of the molecule is CC(C)Cn1nncc1CC1CCCN1. The van der Waals surface area contributed by atoms with E-state index in [1.54, 1.807) is 0 Å². The molecule has 2 rings (SSSR count). The van der Waals surface area contributed by atoms with Gasteiger partial charge >= 0.3 is 0 Å². The van der Waals surface area contributed by atoms with E-state index >= 15 is 0 Å². The lowest BCUT2D eigenvalue weighted by molar-refractivity contribution is 0.448. The summed E-state index contributed by atoms with van der Waals surface area (Å²) in [6.07, 6.45) is 5.56. The van der Waals surface area contributed by atoms with Crippen molar-refractivity contribution in [2.75, 3.05) is 6.54 Å². The van der Waals surface area contributed by atoms with Gasteiger partial charge in [0, 0.05) is 19.0 Å². The summed E-state index contributed by atoms with van der Waals surface area (Å²) in [6, 6.07) is 0.634. The average Bonchev–Trinajstić information content (AvgIpc) is 2.78. The first-order valence-electron chi connectivity index (χ1n) is 5.86. The van der Waals surface area contributed by atoms with Crippen LogP contribution in [0.2, 0.25) is 0 Å². The Balaban J connectivity index is 1.97. The molecular weight excluding hydrogens is 188 g/mol. The van der Waals surface area contributed by atoms with Crippen molar-refractivity contribution in [2.24, 2.45) is 5.92 Å². The molecule has 4 heteroatoms. The van der Waals surface area contributed by atoms with E-state index in [0.717, 1.165) is 19.5 Å². The van der Waals surface area contributed by atoms with E-state index < -0.39 is 0 Å². The number of nitrogens with zero attached hydrogens (tertiary/aromatic N) is 3. The van der Waals surface area contributed by atoms with Crippen molar-refractivity contribution in [3.63, 3.8) is 0 Å². The van der Waals surface area contributed by atoms with E-state index in [1.165, 1.54) is 18.5 Å². The van der Waals surface area contributed by atoms with Crippen molar-refractivity contribution >= 4 is 0 Å². The Kier molecular flexibility index (Phi) is 3.36. The lowest BCUT2D eigenvalue weighted by atomic mass is 10.1. The zero-order valence-corrected chi connectivity index (χ0v) is 9.61. The van der Waals surface area contributed by atoms with Crippen LogP contribution in [0.1, 0.15) is 32.4 Å². The van der Waals surface area contributed by atoms with E-state index in [1.807, 2.05) is 10.9 Å². The van der Waals surface area contributed by atoms with Crippen molar-refractivity contribution in [2.45, 2.75) is 45.7 Å². The number of hydrogen-bond acceptors (Lipinski definition) is 3. The highest BCUT2D eigenvalue weighted by molar-refractivity contribution is 4.98. The van der Waals surface area contributed by atoms with Gasteiger partial charge in [0.1, 0.15) is 0 Å². The smallest absolute Gasteiger partial charge is 0.0725 e. The predicted octanol–water partition coefficient (Wildman–Crippen LogP) is 1.23. The summed E-state index contributed by atoms with van der Waals surface area (Å²) in [5.41, 5.74) is 1.27. The first kappa shape index (κ1) is 10.6. The molecule has 1 fully saturated rings. The Hall–Kier alpha value is -0.900. The van der Waals surface area contributed by atoms with Crippen molar-refractivity contribution < 1.29 is 0 Å². The second-order valence-electron chi connectivity index (χ2n) is 4.80. The molecule has 1 unspecified atom stereocenters. The van der Waals surface area contributed by atoms with Gasteiger partial charge in [0.2, 0.25) is 0 Å². The van der Waals surface area contributed by atoms with Crippen LogP contribution in [0.3, 0.4) is 0 Å². The van der Waals surface area contributed by atoms with E-state index in [0.29, 0.717) is 12.0 Å². The molecule has 0 aromatic carbocycles. The van der Waals surface area contributed by atoms with Gasteiger partial charge in [-0.3, -0.25) is 0 Å². The van der Waals surface area contributed by atoms with E-state index in [9.17, 15) is 0 Å². The topological polar surface area (TPSA) is 42.7 Å². The van der Waals surface area contributed by atoms with Gasteiger partial charge < -0.3 is 5.32 Å². The first-order valence-corrected chi connectivity index (χ1v) is 5.86. The van der Waals surface area contributed by atoms with Gasteiger partial charge in [-0.05, 0) is 25.3 Å². The number of rotatable bonds is 4. The molecule has 0 amide bonds. The standard InChI is InChI=1S/C11H20N4/c1-9(2)8-15-11(7-13-14-15)6-10-4-3-5-12-10/h7,9-10,12H,3-6,8H2,1-2H3. The van der Waals surface area contributed by atoms with E-state index in [2.05, 4.69) is 29.5 Å². The molecule has 15 heavy (non-hydrogen) atoms. The van der Waals surface area contributed by atoms with Crippen LogP contribution in [0, 0.1) is 5.92 Å². The Labute approximate surface area is 91.1 Å². The molecule has 2 heterocycles. The second-order valence-corrected chi connectivity index (χ2v) is 4.80. The highest BCUT2D eigenvalue weighted by Crippen LogP contribution is 2.12. The third kappa shape index (κ3) is 2.78. The number of hydrogen-bond donors (Lipinski definition) is 1. The van der Waals surface area contributed by atoms with Gasteiger partial charge in [0.25, 0.3) is 0 Å². The molecule has 0 aliphatic carbocycles. The Bertz CT molecular complexity index is 299. The molecule has 0 bridgehead atoms. The van der Waals surface area contributed by atoms with E-state index in [4.69, 9.17) is 0 Å². The van der Waals surface area contributed by atoms with Crippen LogP contribution in [0.15, 0.2) is 6.20 Å². The van der Waals surface area contributed by atoms with Crippen LogP contribution in [0.25, 0.3) is 0 Å². The van der Waals surface area contributed by atoms with Crippen molar-refractivity contribution in [3.8, 4) is 0 Å². The molecule has 1 aromatic rings. The summed E-state index contributed by atoms with van der Waals surface area (Å²) in [5.74, 6) is 0.627. The maximum absolute atomic E-state index is 4.14. The van der Waals surface area contributed by atoms with Crippen LogP contribution < -0.4 is 5.32 Å². The third-order valence-electron chi connectivity index (χ3n) is 2.85. The van der Waals surface area contributed by atoms with Crippen molar-refractivity contribution in [1.29, 1.82) is 0 Å². The maximum Gasteiger partial charge on any atom is 0.0725 e. The summed E-state index contributed by atoms with van der Waals surface area (Å²) in [5, 5.41) is 11.6. The van der Waals surface area contributed by atoms with Crippen LogP contribution in [-0.4, -0.2) is 27.6 Å². The van der Waals surface area contributed by atoms with Gasteiger partial charge in [-0.15, -0.1) is 5.10 Å². The fourth-order valence-corrected chi connectivity index (χ4v) is 2.12. The zero-order chi connectivity index (χ0) is 10.7. The first-order chi connectivity index (χ1) is 7.25. The summed E-state index contributed by atoms with van der Waals surface area (Å²) >= 11 is 0. The number of nitrogens with one attached hydrogen (secondary N) is 1. The fourth-order valence-electron chi connectivity index (χ4n) is 2.12. The Morgan fingerprint density at radius 2 is 2.47 bits per heavy atom. The molecule has 1 saturated heterocycles. The molecule has 84 valence electrons. The highest BCUT2D eigenvalue weighted by atomic mass is 15.4. The minimum absolute atomic E-state index is 0.627. The third-order valence-corrected chi connectivity index (χ3v) is 2.85. The predicted molar refractivity (Wildman–Crippen MR) is 59.6 cm³/mol. The molecule has 0 radical (unpaired) electrons. The van der Waals surface area contributed by atoms with Crippen LogP contribution in [0.4, 0.5) is 0 Å². The summed E-state index contributed by atoms with van der Waals surface area (Å²) in [7, 11) is 0. The van der Waals surface area contributed by atoms with Crippen LogP contribution in [-0.2, 0) is 13.0 Å². The van der Waals surface area contributed by atoms with Crippen molar-refractivity contribution in [1.82, 2.24) is 20.3 Å². The molecule has 0 saturated carbocycles. The van der Waals surface area contributed by atoms with Gasteiger partial charge in [-0.2, -0.15) is 0 Å². The van der Waals surface area contributed by atoms with Gasteiger partial charge in [0.05, 0.1) is 11.9 Å². The van der Waals surface area contributed by atoms with Gasteiger partial charge in [-0.25, -0.2) is 4.68 Å². The lowest BCUT2D eigenvalue weighted by Gasteiger charge is -2.12. The van der Waals surface area contributed by atoms with Gasteiger partial charge in [-0.1, -0.05) is 19.1 Å². The maximum atomic E-state index is 4.14. The largest absolute Gasteiger partial charge is 0.314 e. The minimum Gasteiger partial charge on any atom is -0.314 e. The Morgan fingerprint density at radius 1 is 1.60 bits per heavy atom. The summed E-state index contributed by atoms with van der Waals surface area (Å²) in [4.78, 5) is 0. The monoisotopic (exact) mass is 208 g/mol. The minimum atomic E-state index is 0.627. The Morgan fingerprint density at radius 3 is 3.13 bits per heavy atom. The molecular formula is C11H20N4. The highest BCUT2D eigenvalue weighted by Gasteiger charge is 2.17. The quantitative estimate of drug-likeness (QED) is 0.809. The van der Waals surface area contributed by atoms with E-state index in [-0.39, 0.29) is 0 Å². The molecule has 4 nitrogen and oxygen atoms in total. The molecule has 1 aromatic heterocycles. The lowest BCUT2D eigenvalue weighted by Crippen LogP contribution is -2.25. The van der Waals surface area contributed by atoms with Crippen molar-refractivity contribution in [3.05, 3.63) is 11.9 Å². The normalized spacial score (nSPS) is 21.4. The molecule has 1 aliphatic heterocycles. The summed E-state index contributed by atoms with van der Waals surface area (Å²) in [6.45, 7) is 6.55. The zero-order valence-electron chi connectivity index (χ0n) is 9.61. The van der Waals surface area contributed by atoms with Crippen LogP contribution in [0.5, 0.6) is 0 Å². The van der Waals surface area contributed by atoms with Crippen LogP contribution >= 0.6 is 0 Å². The number of aromatic nitrogens is 3. The molecule has 1 N–H and O–H groups in total. The summed E-state index contributed by atoms with van der Waals surface area (Å²) < 4.78 is 2.05. The average molecular weight is 208 g/mol.